The number of carbonyl (C=O) groups excluding carboxylic acids is 2. The Bertz CT molecular complexity index is 1200. The maximum atomic E-state index is 13.7. The molecular weight excluding hydrogens is 492 g/mol. The second-order valence-corrected chi connectivity index (χ2v) is 9.59. The summed E-state index contributed by atoms with van der Waals surface area (Å²) in [7, 11) is 4.76. The van der Waals surface area contributed by atoms with Crippen molar-refractivity contribution in [3.05, 3.63) is 76.0 Å². The van der Waals surface area contributed by atoms with E-state index < -0.39 is 0 Å². The average Bonchev–Trinajstić information content (AvgIpc) is 3.43. The highest BCUT2D eigenvalue weighted by Gasteiger charge is 2.33. The van der Waals surface area contributed by atoms with Gasteiger partial charge < -0.3 is 28.7 Å². The van der Waals surface area contributed by atoms with Crippen LogP contribution in [0.1, 0.15) is 26.8 Å². The van der Waals surface area contributed by atoms with Crippen LogP contribution in [0.5, 0.6) is 17.2 Å². The Hall–Kier alpha value is -3.56. The fraction of sp³-hybridized carbons (Fsp3) is 0.357. The Morgan fingerprint density at radius 2 is 1.76 bits per heavy atom. The maximum Gasteiger partial charge on any atom is 0.254 e. The molecule has 0 bridgehead atoms. The molecule has 0 unspecified atom stereocenters. The highest BCUT2D eigenvalue weighted by atomic mass is 32.1. The first-order chi connectivity index (χ1) is 18.0. The Morgan fingerprint density at radius 1 is 1.00 bits per heavy atom. The third-order valence-electron chi connectivity index (χ3n) is 6.38. The van der Waals surface area contributed by atoms with Gasteiger partial charge in [-0.05, 0) is 59.8 Å². The van der Waals surface area contributed by atoms with Crippen LogP contribution >= 0.6 is 11.3 Å². The van der Waals surface area contributed by atoms with E-state index in [1.807, 2.05) is 29.2 Å². The summed E-state index contributed by atoms with van der Waals surface area (Å²) in [4.78, 5) is 31.6. The molecule has 3 aromatic rings. The molecule has 8 nitrogen and oxygen atoms in total. The van der Waals surface area contributed by atoms with Crippen LogP contribution in [0.3, 0.4) is 0 Å². The van der Waals surface area contributed by atoms with E-state index in [4.69, 9.17) is 18.9 Å². The molecule has 2 heterocycles. The summed E-state index contributed by atoms with van der Waals surface area (Å²) in [6.45, 7) is 1.44. The minimum absolute atomic E-state index is 0.0522. The second-order valence-electron chi connectivity index (χ2n) is 8.59. The molecule has 0 N–H and O–H groups in total. The first-order valence-electron chi connectivity index (χ1n) is 12.1. The highest BCUT2D eigenvalue weighted by Crippen LogP contribution is 2.34. The third-order valence-corrected chi connectivity index (χ3v) is 7.38. The molecule has 4 rings (SSSR count). The van der Waals surface area contributed by atoms with Crippen molar-refractivity contribution in [1.82, 2.24) is 9.80 Å². The molecule has 0 aliphatic carbocycles. The minimum Gasteiger partial charge on any atom is -0.497 e. The van der Waals surface area contributed by atoms with E-state index in [2.05, 4.69) is 11.4 Å². The first kappa shape index (κ1) is 26.5. The molecule has 196 valence electrons. The Labute approximate surface area is 221 Å². The van der Waals surface area contributed by atoms with Crippen molar-refractivity contribution in [2.24, 2.45) is 0 Å². The lowest BCUT2D eigenvalue weighted by atomic mass is 10.0. The first-order valence-corrected chi connectivity index (χ1v) is 13.0. The lowest BCUT2D eigenvalue weighted by Crippen LogP contribution is -2.48. The van der Waals surface area contributed by atoms with E-state index in [0.717, 1.165) is 12.0 Å². The SMILES string of the molecule is COCCN(CC(=O)N1CCc2sccc2[C@@H]1COc1cccc(OC)c1)C(=O)c1ccc(OC)cc1. The van der Waals surface area contributed by atoms with Crippen LogP contribution < -0.4 is 14.2 Å². The lowest BCUT2D eigenvalue weighted by molar-refractivity contribution is -0.135. The summed E-state index contributed by atoms with van der Waals surface area (Å²) in [6, 6.07) is 16.1. The number of fused-ring (bicyclic) bond motifs is 1. The van der Waals surface area contributed by atoms with Crippen LogP contribution in [-0.2, 0) is 16.0 Å². The van der Waals surface area contributed by atoms with E-state index in [1.165, 1.54) is 9.78 Å². The van der Waals surface area contributed by atoms with Crippen molar-refractivity contribution in [3.8, 4) is 17.2 Å². The van der Waals surface area contributed by atoms with Crippen molar-refractivity contribution in [1.29, 1.82) is 0 Å². The number of ether oxygens (including phenoxy) is 4. The summed E-state index contributed by atoms with van der Waals surface area (Å²) in [6.07, 6.45) is 0.777. The number of carbonyl (C=O) groups is 2. The summed E-state index contributed by atoms with van der Waals surface area (Å²) < 4.78 is 21.8. The second kappa shape index (κ2) is 12.6. The van der Waals surface area contributed by atoms with Crippen LogP contribution in [-0.4, -0.2) is 75.8 Å². The zero-order valence-electron chi connectivity index (χ0n) is 21.3. The average molecular weight is 525 g/mol. The number of amides is 2. The fourth-order valence-corrected chi connectivity index (χ4v) is 5.29. The van der Waals surface area contributed by atoms with Crippen molar-refractivity contribution in [2.75, 3.05) is 54.2 Å². The van der Waals surface area contributed by atoms with E-state index in [0.29, 0.717) is 49.1 Å². The molecule has 9 heteroatoms. The molecule has 2 aromatic carbocycles. The summed E-state index contributed by atoms with van der Waals surface area (Å²) in [5.74, 6) is 1.68. The molecule has 2 amide bonds. The molecule has 1 aromatic heterocycles. The normalized spacial score (nSPS) is 14.6. The number of methoxy groups -OCH3 is 3. The van der Waals surface area contributed by atoms with Gasteiger partial charge in [0, 0.05) is 36.7 Å². The van der Waals surface area contributed by atoms with Gasteiger partial charge in [0.2, 0.25) is 5.91 Å². The van der Waals surface area contributed by atoms with Crippen LogP contribution in [0.2, 0.25) is 0 Å². The van der Waals surface area contributed by atoms with E-state index in [9.17, 15) is 9.59 Å². The van der Waals surface area contributed by atoms with Gasteiger partial charge >= 0.3 is 0 Å². The lowest BCUT2D eigenvalue weighted by Gasteiger charge is -2.37. The summed E-state index contributed by atoms with van der Waals surface area (Å²) >= 11 is 1.70. The van der Waals surface area contributed by atoms with Crippen LogP contribution in [0.15, 0.2) is 60.0 Å². The smallest absolute Gasteiger partial charge is 0.254 e. The molecule has 1 aliphatic heterocycles. The monoisotopic (exact) mass is 524 g/mol. The zero-order valence-corrected chi connectivity index (χ0v) is 22.2. The van der Waals surface area contributed by atoms with Gasteiger partial charge in [-0.15, -0.1) is 11.3 Å². The molecule has 0 spiro atoms. The van der Waals surface area contributed by atoms with Gasteiger partial charge in [0.1, 0.15) is 30.4 Å². The van der Waals surface area contributed by atoms with Gasteiger partial charge in [0.25, 0.3) is 5.91 Å². The Balaban J connectivity index is 1.51. The zero-order chi connectivity index (χ0) is 26.2. The highest BCUT2D eigenvalue weighted by molar-refractivity contribution is 7.10. The number of hydrogen-bond acceptors (Lipinski definition) is 7. The van der Waals surface area contributed by atoms with Gasteiger partial charge in [-0.3, -0.25) is 9.59 Å². The van der Waals surface area contributed by atoms with Crippen molar-refractivity contribution in [3.63, 3.8) is 0 Å². The minimum atomic E-state index is -0.255. The topological polar surface area (TPSA) is 77.5 Å². The molecular formula is C28H32N2O6S. The van der Waals surface area contributed by atoms with E-state index in [1.54, 1.807) is 56.9 Å². The van der Waals surface area contributed by atoms with Gasteiger partial charge in [-0.1, -0.05) is 6.07 Å². The predicted molar refractivity (Wildman–Crippen MR) is 142 cm³/mol. The predicted octanol–water partition coefficient (Wildman–Crippen LogP) is 4.06. The molecule has 1 aliphatic rings. The van der Waals surface area contributed by atoms with Gasteiger partial charge in [-0.25, -0.2) is 0 Å². The van der Waals surface area contributed by atoms with Crippen molar-refractivity contribution in [2.45, 2.75) is 12.5 Å². The fourth-order valence-electron chi connectivity index (χ4n) is 4.36. The van der Waals surface area contributed by atoms with E-state index in [-0.39, 0.29) is 24.4 Å². The van der Waals surface area contributed by atoms with Gasteiger partial charge in [-0.2, -0.15) is 0 Å². The van der Waals surface area contributed by atoms with Crippen LogP contribution in [0.25, 0.3) is 0 Å². The molecule has 1 atom stereocenters. The molecule has 0 fully saturated rings. The van der Waals surface area contributed by atoms with Crippen LogP contribution in [0.4, 0.5) is 0 Å². The number of rotatable bonds is 11. The summed E-state index contributed by atoms with van der Waals surface area (Å²) in [5, 5.41) is 2.05. The molecule has 0 radical (unpaired) electrons. The number of hydrogen-bond donors (Lipinski definition) is 0. The quantitative estimate of drug-likeness (QED) is 0.377. The molecule has 0 saturated carbocycles. The number of benzene rings is 2. The third kappa shape index (κ3) is 6.42. The Kier molecular flexibility index (Phi) is 9.03. The molecule has 37 heavy (non-hydrogen) atoms. The van der Waals surface area contributed by atoms with E-state index >= 15 is 0 Å². The molecule has 0 saturated heterocycles. The Morgan fingerprint density at radius 3 is 2.49 bits per heavy atom. The van der Waals surface area contributed by atoms with Crippen molar-refractivity contribution >= 4 is 23.2 Å². The van der Waals surface area contributed by atoms with Gasteiger partial charge in [0.15, 0.2) is 0 Å². The largest absolute Gasteiger partial charge is 0.497 e. The van der Waals surface area contributed by atoms with Crippen molar-refractivity contribution < 1.29 is 28.5 Å². The number of thiophene rings is 1. The maximum absolute atomic E-state index is 13.7. The number of nitrogens with zero attached hydrogens (tertiary/aromatic N) is 2. The van der Waals surface area contributed by atoms with Crippen LogP contribution in [0, 0.1) is 0 Å². The standard InChI is InChI=1S/C28H32N2O6S/c1-33-15-14-29(28(32)20-7-9-21(34-2)10-8-20)18-27(31)30-13-11-26-24(12-16-37-26)25(30)19-36-23-6-4-5-22(17-23)35-3/h4-10,12,16-17,25H,11,13-15,18-19H2,1-3H3/t25-/m0/s1. The summed E-state index contributed by atoms with van der Waals surface area (Å²) in [5.41, 5.74) is 1.58. The van der Waals surface area contributed by atoms with Gasteiger partial charge in [0.05, 0.1) is 26.9 Å².